The third-order valence-corrected chi connectivity index (χ3v) is 6.51. The molecule has 0 saturated heterocycles. The number of aryl methyl sites for hydroxylation is 2. The number of thiazole rings is 1. The molecule has 2 aromatic carbocycles. The molecule has 0 aliphatic rings. The average Bonchev–Trinajstić information content (AvgIpc) is 3.02. The summed E-state index contributed by atoms with van der Waals surface area (Å²) >= 11 is 1.66. The number of rotatable bonds is 6. The molecule has 1 amide bonds. The first-order valence-electron chi connectivity index (χ1n) is 8.52. The smallest absolute Gasteiger partial charge is 0.251 e. The van der Waals surface area contributed by atoms with E-state index in [0.29, 0.717) is 23.2 Å². The number of fused-ring (bicyclic) bond motifs is 1. The number of carbonyl (C=O) groups excluding carboxylic acids is 1. The van der Waals surface area contributed by atoms with Crippen molar-refractivity contribution in [3.63, 3.8) is 0 Å². The average molecular weight is 404 g/mol. The number of para-hydroxylation sites is 1. The van der Waals surface area contributed by atoms with Crippen LogP contribution >= 0.6 is 11.3 Å². The molecular weight excluding hydrogens is 382 g/mol. The van der Waals surface area contributed by atoms with Crippen molar-refractivity contribution in [2.24, 2.45) is 5.14 Å². The summed E-state index contributed by atoms with van der Waals surface area (Å²) in [6.07, 6.45) is 1.52. The standard InChI is InChI=1S/C19H21N3O3S2/c1-12-10-14(11-17(13(12)2)27(20,24)25)19(23)21-9-5-8-18-22-15-6-3-4-7-16(15)26-18/h3-4,6-7,10-11H,5,8-9H2,1-2H3,(H,21,23)(H2,20,24,25). The van der Waals surface area contributed by atoms with Gasteiger partial charge in [0.2, 0.25) is 10.0 Å². The molecule has 0 radical (unpaired) electrons. The first-order chi connectivity index (χ1) is 12.8. The lowest BCUT2D eigenvalue weighted by Crippen LogP contribution is -2.25. The van der Waals surface area contributed by atoms with Crippen LogP contribution in [-0.4, -0.2) is 25.9 Å². The summed E-state index contributed by atoms with van der Waals surface area (Å²) < 4.78 is 24.6. The maximum atomic E-state index is 12.4. The van der Waals surface area contributed by atoms with E-state index in [1.807, 2.05) is 24.3 Å². The van der Waals surface area contributed by atoms with Crippen molar-refractivity contribution in [3.8, 4) is 0 Å². The molecule has 0 spiro atoms. The van der Waals surface area contributed by atoms with Crippen LogP contribution in [0.15, 0.2) is 41.3 Å². The summed E-state index contributed by atoms with van der Waals surface area (Å²) in [5, 5.41) is 9.11. The zero-order valence-corrected chi connectivity index (χ0v) is 16.8. The van der Waals surface area contributed by atoms with E-state index >= 15 is 0 Å². The van der Waals surface area contributed by atoms with Gasteiger partial charge >= 0.3 is 0 Å². The molecule has 0 aliphatic heterocycles. The van der Waals surface area contributed by atoms with Gasteiger partial charge in [0, 0.05) is 18.5 Å². The lowest BCUT2D eigenvalue weighted by Gasteiger charge is -2.11. The predicted octanol–water partition coefficient (Wildman–Crippen LogP) is 2.92. The monoisotopic (exact) mass is 403 g/mol. The van der Waals surface area contributed by atoms with E-state index in [4.69, 9.17) is 5.14 Å². The Kier molecular flexibility index (Phi) is 5.59. The minimum atomic E-state index is -3.87. The minimum Gasteiger partial charge on any atom is -0.352 e. The van der Waals surface area contributed by atoms with Gasteiger partial charge in [-0.2, -0.15) is 0 Å². The number of sulfonamides is 1. The zero-order valence-electron chi connectivity index (χ0n) is 15.2. The summed E-state index contributed by atoms with van der Waals surface area (Å²) in [7, 11) is -3.87. The largest absolute Gasteiger partial charge is 0.352 e. The number of nitrogens with one attached hydrogen (secondary N) is 1. The normalized spacial score (nSPS) is 11.7. The number of nitrogens with two attached hydrogens (primary N) is 1. The van der Waals surface area contributed by atoms with Crippen LogP contribution in [-0.2, 0) is 16.4 Å². The third kappa shape index (κ3) is 4.52. The molecule has 1 aromatic heterocycles. The number of amides is 1. The summed E-state index contributed by atoms with van der Waals surface area (Å²) in [5.41, 5.74) is 2.56. The summed E-state index contributed by atoms with van der Waals surface area (Å²) in [4.78, 5) is 16.9. The van der Waals surface area contributed by atoms with Gasteiger partial charge in [-0.15, -0.1) is 11.3 Å². The Morgan fingerprint density at radius 1 is 1.22 bits per heavy atom. The van der Waals surface area contributed by atoms with E-state index in [-0.39, 0.29) is 10.8 Å². The number of hydrogen-bond acceptors (Lipinski definition) is 5. The number of nitrogens with zero attached hydrogens (tertiary/aromatic N) is 1. The molecule has 0 bridgehead atoms. The first-order valence-corrected chi connectivity index (χ1v) is 10.9. The molecule has 0 fully saturated rings. The van der Waals surface area contributed by atoms with Crippen molar-refractivity contribution in [1.29, 1.82) is 0 Å². The maximum Gasteiger partial charge on any atom is 0.251 e. The van der Waals surface area contributed by atoms with Crippen LogP contribution in [0.25, 0.3) is 10.2 Å². The first kappa shape index (κ1) is 19.5. The highest BCUT2D eigenvalue weighted by Gasteiger charge is 2.17. The Labute approximate surface area is 162 Å². The van der Waals surface area contributed by atoms with E-state index in [9.17, 15) is 13.2 Å². The van der Waals surface area contributed by atoms with Crippen LogP contribution in [0.2, 0.25) is 0 Å². The van der Waals surface area contributed by atoms with Gasteiger partial charge in [0.25, 0.3) is 5.91 Å². The molecule has 3 aromatic rings. The second-order valence-corrected chi connectivity index (χ2v) is 9.04. The Hall–Kier alpha value is -2.29. The molecule has 0 saturated carbocycles. The topological polar surface area (TPSA) is 102 Å². The van der Waals surface area contributed by atoms with Gasteiger partial charge in [-0.05, 0) is 55.7 Å². The third-order valence-electron chi connectivity index (χ3n) is 4.38. The van der Waals surface area contributed by atoms with Crippen molar-refractivity contribution >= 4 is 37.5 Å². The fraction of sp³-hybridized carbons (Fsp3) is 0.263. The fourth-order valence-corrected chi connectivity index (χ4v) is 4.71. The van der Waals surface area contributed by atoms with E-state index in [2.05, 4.69) is 10.3 Å². The van der Waals surface area contributed by atoms with Gasteiger partial charge in [-0.3, -0.25) is 4.79 Å². The Morgan fingerprint density at radius 3 is 2.67 bits per heavy atom. The summed E-state index contributed by atoms with van der Waals surface area (Å²) in [5.74, 6) is -0.313. The van der Waals surface area contributed by atoms with Crippen LogP contribution in [0.4, 0.5) is 0 Å². The van der Waals surface area contributed by atoms with E-state index in [0.717, 1.165) is 28.1 Å². The van der Waals surface area contributed by atoms with Crippen LogP contribution < -0.4 is 10.5 Å². The lowest BCUT2D eigenvalue weighted by molar-refractivity contribution is 0.0953. The SMILES string of the molecule is Cc1cc(C(=O)NCCCc2nc3ccccc3s2)cc(S(N)(=O)=O)c1C. The number of primary sulfonamides is 1. The molecule has 0 unspecified atom stereocenters. The minimum absolute atomic E-state index is 0.0119. The number of benzene rings is 2. The van der Waals surface area contributed by atoms with Crippen LogP contribution in [0.3, 0.4) is 0 Å². The summed E-state index contributed by atoms with van der Waals surface area (Å²) in [6.45, 7) is 3.91. The van der Waals surface area contributed by atoms with Crippen LogP contribution in [0.5, 0.6) is 0 Å². The molecule has 3 rings (SSSR count). The summed E-state index contributed by atoms with van der Waals surface area (Å²) in [6, 6.07) is 11.0. The zero-order chi connectivity index (χ0) is 19.6. The second kappa shape index (κ2) is 7.75. The quantitative estimate of drug-likeness (QED) is 0.618. The molecule has 142 valence electrons. The van der Waals surface area contributed by atoms with Crippen molar-refractivity contribution in [2.45, 2.75) is 31.6 Å². The Morgan fingerprint density at radius 2 is 1.96 bits per heavy atom. The van der Waals surface area contributed by atoms with Crippen LogP contribution in [0.1, 0.15) is 32.9 Å². The Bertz CT molecular complexity index is 1070. The highest BCUT2D eigenvalue weighted by Crippen LogP contribution is 2.22. The molecule has 1 heterocycles. The molecule has 0 aliphatic carbocycles. The van der Waals surface area contributed by atoms with Crippen molar-refractivity contribution in [2.75, 3.05) is 6.54 Å². The van der Waals surface area contributed by atoms with Crippen molar-refractivity contribution in [1.82, 2.24) is 10.3 Å². The van der Waals surface area contributed by atoms with Crippen molar-refractivity contribution < 1.29 is 13.2 Å². The van der Waals surface area contributed by atoms with Crippen LogP contribution in [0, 0.1) is 13.8 Å². The molecule has 8 heteroatoms. The highest BCUT2D eigenvalue weighted by atomic mass is 32.2. The van der Waals surface area contributed by atoms with E-state index < -0.39 is 10.0 Å². The number of carbonyl (C=O) groups is 1. The molecule has 0 atom stereocenters. The molecule has 3 N–H and O–H groups in total. The molecular formula is C19H21N3O3S2. The van der Waals surface area contributed by atoms with Gasteiger partial charge in [0.15, 0.2) is 0 Å². The van der Waals surface area contributed by atoms with Gasteiger partial charge in [0.1, 0.15) is 0 Å². The fourth-order valence-electron chi connectivity index (χ4n) is 2.82. The van der Waals surface area contributed by atoms with Gasteiger partial charge < -0.3 is 5.32 Å². The number of aromatic nitrogens is 1. The van der Waals surface area contributed by atoms with Crippen molar-refractivity contribution in [3.05, 3.63) is 58.1 Å². The van der Waals surface area contributed by atoms with Gasteiger partial charge in [0.05, 0.1) is 20.1 Å². The highest BCUT2D eigenvalue weighted by molar-refractivity contribution is 7.89. The second-order valence-electron chi connectivity index (χ2n) is 6.40. The molecule has 6 nitrogen and oxygen atoms in total. The molecule has 27 heavy (non-hydrogen) atoms. The van der Waals surface area contributed by atoms with E-state index in [1.165, 1.54) is 6.07 Å². The van der Waals surface area contributed by atoms with Gasteiger partial charge in [-0.1, -0.05) is 12.1 Å². The van der Waals surface area contributed by atoms with E-state index in [1.54, 1.807) is 31.3 Å². The number of hydrogen-bond donors (Lipinski definition) is 2. The Balaban J connectivity index is 1.61. The van der Waals surface area contributed by atoms with Gasteiger partial charge in [-0.25, -0.2) is 18.5 Å². The lowest BCUT2D eigenvalue weighted by atomic mass is 10.1. The predicted molar refractivity (Wildman–Crippen MR) is 108 cm³/mol. The maximum absolute atomic E-state index is 12.4.